The van der Waals surface area contributed by atoms with E-state index in [0.29, 0.717) is 0 Å². The zero-order valence-corrected chi connectivity index (χ0v) is 9.64. The van der Waals surface area contributed by atoms with E-state index in [0.717, 1.165) is 5.56 Å². The van der Waals surface area contributed by atoms with Crippen LogP contribution in [0.3, 0.4) is 0 Å². The molecule has 0 bridgehead atoms. The lowest BCUT2D eigenvalue weighted by Gasteiger charge is -2.16. The summed E-state index contributed by atoms with van der Waals surface area (Å²) >= 11 is 0. The topological polar surface area (TPSA) is 46.2 Å². The number of hydrogen-bond acceptors (Lipinski definition) is 2. The molecule has 0 fully saturated rings. The van der Waals surface area contributed by atoms with Crippen molar-refractivity contribution in [1.82, 2.24) is 0 Å². The molecule has 0 unspecified atom stereocenters. The molecule has 1 aromatic rings. The minimum absolute atomic E-state index is 0. The number of aliphatic hydroxyl groups is 1. The van der Waals surface area contributed by atoms with Crippen LogP contribution in [0.5, 0.6) is 0 Å². The van der Waals surface area contributed by atoms with Gasteiger partial charge in [0.05, 0.1) is 12.1 Å². The third-order valence-electron chi connectivity index (χ3n) is 2.44. The van der Waals surface area contributed by atoms with Gasteiger partial charge >= 0.3 is 0 Å². The maximum atomic E-state index is 9.31. The molecule has 0 aliphatic carbocycles. The molecule has 1 aromatic carbocycles. The molecule has 0 aliphatic rings. The first kappa shape index (κ1) is 13.4. The molecule has 2 nitrogen and oxygen atoms in total. The summed E-state index contributed by atoms with van der Waals surface area (Å²) in [7, 11) is 0. The standard InChI is InChI=1S/C11H17NO.ClH/c1-7-4-5-10(6-8(7)2)11(12)9(3)13;/h4-6,9,11,13H,12H2,1-3H3;1H/t9-,11-;/m1./s1. The second-order valence-electron chi connectivity index (χ2n) is 3.61. The van der Waals surface area contributed by atoms with Crippen LogP contribution in [0.15, 0.2) is 18.2 Å². The monoisotopic (exact) mass is 215 g/mol. The van der Waals surface area contributed by atoms with Crippen LogP contribution in [0.4, 0.5) is 0 Å². The van der Waals surface area contributed by atoms with Crippen molar-refractivity contribution in [2.45, 2.75) is 32.9 Å². The van der Waals surface area contributed by atoms with Gasteiger partial charge in [-0.15, -0.1) is 12.4 Å². The molecule has 0 saturated carbocycles. The van der Waals surface area contributed by atoms with E-state index in [1.54, 1.807) is 6.92 Å². The quantitative estimate of drug-likeness (QED) is 0.794. The van der Waals surface area contributed by atoms with Crippen LogP contribution in [-0.4, -0.2) is 11.2 Å². The van der Waals surface area contributed by atoms with Crippen molar-refractivity contribution in [3.63, 3.8) is 0 Å². The van der Waals surface area contributed by atoms with Gasteiger partial charge in [-0.25, -0.2) is 0 Å². The minimum atomic E-state index is -0.498. The van der Waals surface area contributed by atoms with E-state index in [1.165, 1.54) is 11.1 Å². The largest absolute Gasteiger partial charge is 0.391 e. The Morgan fingerprint density at radius 1 is 1.21 bits per heavy atom. The number of hydrogen-bond donors (Lipinski definition) is 2. The van der Waals surface area contributed by atoms with Crippen LogP contribution < -0.4 is 5.73 Å². The molecule has 14 heavy (non-hydrogen) atoms. The zero-order chi connectivity index (χ0) is 10.0. The highest BCUT2D eigenvalue weighted by Crippen LogP contribution is 2.17. The highest BCUT2D eigenvalue weighted by Gasteiger charge is 2.11. The van der Waals surface area contributed by atoms with Gasteiger partial charge in [0, 0.05) is 0 Å². The highest BCUT2D eigenvalue weighted by molar-refractivity contribution is 5.85. The molecule has 3 N–H and O–H groups in total. The molecule has 80 valence electrons. The highest BCUT2D eigenvalue weighted by atomic mass is 35.5. The second kappa shape index (κ2) is 5.35. The van der Waals surface area contributed by atoms with Crippen molar-refractivity contribution in [1.29, 1.82) is 0 Å². The molecular weight excluding hydrogens is 198 g/mol. The molecule has 0 aromatic heterocycles. The average Bonchev–Trinajstić information content (AvgIpc) is 2.08. The fraction of sp³-hybridized carbons (Fsp3) is 0.455. The molecule has 1 rings (SSSR count). The number of rotatable bonds is 2. The fourth-order valence-electron chi connectivity index (χ4n) is 1.25. The molecule has 0 saturated heterocycles. The summed E-state index contributed by atoms with van der Waals surface area (Å²) in [5.41, 5.74) is 9.27. The number of aryl methyl sites for hydroxylation is 2. The van der Waals surface area contributed by atoms with Crippen molar-refractivity contribution < 1.29 is 5.11 Å². The van der Waals surface area contributed by atoms with E-state index in [9.17, 15) is 5.11 Å². The maximum Gasteiger partial charge on any atom is 0.0704 e. The van der Waals surface area contributed by atoms with Crippen LogP contribution in [0.25, 0.3) is 0 Å². The van der Waals surface area contributed by atoms with Gasteiger partial charge in [0.15, 0.2) is 0 Å². The van der Waals surface area contributed by atoms with Gasteiger partial charge in [0.1, 0.15) is 0 Å². The van der Waals surface area contributed by atoms with Crippen molar-refractivity contribution in [2.75, 3.05) is 0 Å². The van der Waals surface area contributed by atoms with Gasteiger partial charge < -0.3 is 10.8 Å². The molecule has 3 heteroatoms. The van der Waals surface area contributed by atoms with Crippen molar-refractivity contribution in [3.8, 4) is 0 Å². The lowest BCUT2D eigenvalue weighted by atomic mass is 9.99. The second-order valence-corrected chi connectivity index (χ2v) is 3.61. The number of nitrogens with two attached hydrogens (primary N) is 1. The van der Waals surface area contributed by atoms with Crippen LogP contribution >= 0.6 is 12.4 Å². The van der Waals surface area contributed by atoms with Crippen molar-refractivity contribution in [3.05, 3.63) is 34.9 Å². The van der Waals surface area contributed by atoms with Gasteiger partial charge in [-0.05, 0) is 37.5 Å². The van der Waals surface area contributed by atoms with E-state index >= 15 is 0 Å². The van der Waals surface area contributed by atoms with Crippen LogP contribution in [0.2, 0.25) is 0 Å². The first-order valence-corrected chi connectivity index (χ1v) is 4.53. The Morgan fingerprint density at radius 2 is 1.79 bits per heavy atom. The fourth-order valence-corrected chi connectivity index (χ4v) is 1.25. The summed E-state index contributed by atoms with van der Waals surface area (Å²) < 4.78 is 0. The summed E-state index contributed by atoms with van der Waals surface area (Å²) in [6.45, 7) is 5.82. The van der Waals surface area contributed by atoms with E-state index in [-0.39, 0.29) is 18.4 Å². The number of aliphatic hydroxyl groups excluding tert-OH is 1. The summed E-state index contributed by atoms with van der Waals surface area (Å²) in [4.78, 5) is 0. The maximum absolute atomic E-state index is 9.31. The minimum Gasteiger partial charge on any atom is -0.391 e. The molecule has 0 amide bonds. The molecule has 0 spiro atoms. The Balaban J connectivity index is 0.00000169. The molecular formula is C11H18ClNO. The number of benzene rings is 1. The Morgan fingerprint density at radius 3 is 2.21 bits per heavy atom. The van der Waals surface area contributed by atoms with Gasteiger partial charge in [-0.1, -0.05) is 18.2 Å². The van der Waals surface area contributed by atoms with Crippen molar-refractivity contribution >= 4 is 12.4 Å². The summed E-state index contributed by atoms with van der Waals surface area (Å²) in [6.07, 6.45) is -0.498. The van der Waals surface area contributed by atoms with E-state index in [2.05, 4.69) is 6.92 Å². The van der Waals surface area contributed by atoms with E-state index in [4.69, 9.17) is 5.73 Å². The SMILES string of the molecule is Cc1ccc([C@H](N)[C@@H](C)O)cc1C.Cl. The third kappa shape index (κ3) is 2.98. The van der Waals surface area contributed by atoms with Gasteiger partial charge in [0.2, 0.25) is 0 Å². The van der Waals surface area contributed by atoms with Crippen molar-refractivity contribution in [2.24, 2.45) is 5.73 Å². The predicted molar refractivity (Wildman–Crippen MR) is 61.8 cm³/mol. The summed E-state index contributed by atoms with van der Waals surface area (Å²) in [6, 6.07) is 5.76. The molecule has 0 heterocycles. The van der Waals surface area contributed by atoms with E-state index < -0.39 is 6.10 Å². The van der Waals surface area contributed by atoms with Gasteiger partial charge in [-0.3, -0.25) is 0 Å². The third-order valence-corrected chi connectivity index (χ3v) is 2.44. The smallest absolute Gasteiger partial charge is 0.0704 e. The van der Waals surface area contributed by atoms with Gasteiger partial charge in [0.25, 0.3) is 0 Å². The lowest BCUT2D eigenvalue weighted by Crippen LogP contribution is -2.23. The van der Waals surface area contributed by atoms with Crippen LogP contribution in [-0.2, 0) is 0 Å². The predicted octanol–water partition coefficient (Wildman–Crippen LogP) is 2.11. The van der Waals surface area contributed by atoms with Crippen LogP contribution in [0, 0.1) is 13.8 Å². The zero-order valence-electron chi connectivity index (χ0n) is 8.82. The van der Waals surface area contributed by atoms with Gasteiger partial charge in [-0.2, -0.15) is 0 Å². The average molecular weight is 216 g/mol. The summed E-state index contributed by atoms with van der Waals surface area (Å²) in [5, 5.41) is 9.31. The van der Waals surface area contributed by atoms with Crippen LogP contribution in [0.1, 0.15) is 29.7 Å². The Bertz CT molecular complexity index is 299. The van der Waals surface area contributed by atoms with E-state index in [1.807, 2.05) is 25.1 Å². The molecule has 0 aliphatic heterocycles. The normalized spacial score (nSPS) is 14.4. The lowest BCUT2D eigenvalue weighted by molar-refractivity contribution is 0.164. The Labute approximate surface area is 91.5 Å². The Hall–Kier alpha value is -0.570. The number of halogens is 1. The first-order chi connectivity index (χ1) is 6.02. The molecule has 2 atom stereocenters. The first-order valence-electron chi connectivity index (χ1n) is 4.53. The Kier molecular flexibility index (Phi) is 5.13. The summed E-state index contributed by atoms with van der Waals surface area (Å²) in [5.74, 6) is 0. The molecule has 0 radical (unpaired) electrons.